The molecule has 27 heavy (non-hydrogen) atoms. The van der Waals surface area contributed by atoms with Crippen LogP contribution in [0.5, 0.6) is 5.75 Å². The first kappa shape index (κ1) is 18.5. The average molecular weight is 375 g/mol. The molecule has 0 spiro atoms. The smallest absolute Gasteiger partial charge is 0.406 e. The number of alkyl halides is 3. The lowest BCUT2D eigenvalue weighted by Crippen LogP contribution is -2.26. The minimum absolute atomic E-state index is 0.242. The molecule has 3 rings (SSSR count). The molecule has 0 fully saturated rings. The number of benzene rings is 2. The summed E-state index contributed by atoms with van der Waals surface area (Å²) in [6, 6.07) is 12.1. The third-order valence-electron chi connectivity index (χ3n) is 3.89. The second-order valence-electron chi connectivity index (χ2n) is 5.83. The molecule has 3 aromatic rings. The highest BCUT2D eigenvalue weighted by atomic mass is 19.4. The van der Waals surface area contributed by atoms with Gasteiger partial charge in [-0.2, -0.15) is 0 Å². The Hall–Kier alpha value is -3.29. The van der Waals surface area contributed by atoms with Crippen LogP contribution in [0.15, 0.2) is 67.3 Å². The van der Waals surface area contributed by atoms with Gasteiger partial charge in [0.1, 0.15) is 5.75 Å². The molecular weight excluding hydrogens is 359 g/mol. The second kappa shape index (κ2) is 7.53. The molecule has 5 nitrogen and oxygen atoms in total. The lowest BCUT2D eigenvalue weighted by molar-refractivity contribution is -0.274. The Morgan fingerprint density at radius 3 is 2.33 bits per heavy atom. The first-order valence-electron chi connectivity index (χ1n) is 8.07. The number of rotatable bonds is 5. The van der Waals surface area contributed by atoms with Crippen molar-refractivity contribution in [2.45, 2.75) is 19.3 Å². The van der Waals surface area contributed by atoms with E-state index in [-0.39, 0.29) is 23.3 Å². The van der Waals surface area contributed by atoms with Crippen LogP contribution >= 0.6 is 0 Å². The Morgan fingerprint density at radius 2 is 1.78 bits per heavy atom. The zero-order valence-corrected chi connectivity index (χ0v) is 14.3. The van der Waals surface area contributed by atoms with E-state index >= 15 is 0 Å². The summed E-state index contributed by atoms with van der Waals surface area (Å²) in [6.07, 6.45) is 0.432. The van der Waals surface area contributed by atoms with Crippen molar-refractivity contribution in [3.8, 4) is 11.4 Å². The van der Waals surface area contributed by atoms with E-state index in [2.05, 4.69) is 15.0 Å². The molecule has 1 N–H and O–H groups in total. The number of amides is 1. The molecule has 1 heterocycles. The summed E-state index contributed by atoms with van der Waals surface area (Å²) in [4.78, 5) is 16.3. The van der Waals surface area contributed by atoms with Crippen LogP contribution in [0.25, 0.3) is 5.69 Å². The Morgan fingerprint density at radius 1 is 1.11 bits per heavy atom. The first-order valence-corrected chi connectivity index (χ1v) is 8.07. The molecule has 0 aliphatic rings. The maximum absolute atomic E-state index is 12.3. The number of carbonyl (C=O) groups excluding carboxylic acids is 1. The van der Waals surface area contributed by atoms with Crippen molar-refractivity contribution >= 4 is 5.91 Å². The minimum Gasteiger partial charge on any atom is -0.406 e. The number of nitrogens with one attached hydrogen (secondary N) is 1. The fourth-order valence-electron chi connectivity index (χ4n) is 2.52. The van der Waals surface area contributed by atoms with Gasteiger partial charge in [-0.15, -0.1) is 13.2 Å². The highest BCUT2D eigenvalue weighted by Gasteiger charge is 2.31. The molecule has 0 aliphatic heterocycles. The largest absolute Gasteiger partial charge is 0.573 e. The molecule has 0 unspecified atom stereocenters. The molecule has 0 saturated heterocycles. The molecule has 1 aromatic heterocycles. The topological polar surface area (TPSA) is 56.1 Å². The Labute approximate surface area is 153 Å². The van der Waals surface area contributed by atoms with Crippen molar-refractivity contribution in [1.29, 1.82) is 0 Å². The van der Waals surface area contributed by atoms with Crippen molar-refractivity contribution in [3.63, 3.8) is 0 Å². The van der Waals surface area contributed by atoms with Gasteiger partial charge in [0.15, 0.2) is 0 Å². The summed E-state index contributed by atoms with van der Waals surface area (Å²) in [5.41, 5.74) is 2.07. The van der Waals surface area contributed by atoms with Crippen LogP contribution in [-0.4, -0.2) is 21.8 Å². The van der Waals surface area contributed by atoms with Gasteiger partial charge in [-0.1, -0.05) is 12.1 Å². The molecule has 0 bridgehead atoms. The summed E-state index contributed by atoms with van der Waals surface area (Å²) >= 11 is 0. The van der Waals surface area contributed by atoms with Crippen molar-refractivity contribution in [2.24, 2.45) is 0 Å². The summed E-state index contributed by atoms with van der Waals surface area (Å²) in [7, 11) is 0. The fraction of sp³-hybridized carbons (Fsp3) is 0.158. The summed E-state index contributed by atoms with van der Waals surface area (Å²) < 4.78 is 42.2. The zero-order valence-electron chi connectivity index (χ0n) is 14.3. The van der Waals surface area contributed by atoms with Gasteiger partial charge in [-0.3, -0.25) is 4.79 Å². The van der Waals surface area contributed by atoms with E-state index in [0.29, 0.717) is 0 Å². The van der Waals surface area contributed by atoms with Crippen molar-refractivity contribution < 1.29 is 22.7 Å². The number of carbonyl (C=O) groups is 1. The van der Waals surface area contributed by atoms with Gasteiger partial charge in [0, 0.05) is 23.6 Å². The van der Waals surface area contributed by atoms with Crippen molar-refractivity contribution in [3.05, 3.63) is 78.4 Å². The molecule has 1 atom stereocenters. The monoisotopic (exact) mass is 375 g/mol. The normalized spacial score (nSPS) is 12.4. The standard InChI is InChI=1S/C19H16F3N3O2/c1-13(14-2-6-16(7-3-14)25-11-10-23-12-25)24-18(26)15-4-8-17(9-5-15)27-19(20,21)22/h2-13H,1H3,(H,24,26)/t13-/m1/s1. The highest BCUT2D eigenvalue weighted by molar-refractivity contribution is 5.94. The van der Waals surface area contributed by atoms with Crippen LogP contribution < -0.4 is 10.1 Å². The number of hydrogen-bond acceptors (Lipinski definition) is 3. The molecular formula is C19H16F3N3O2. The first-order chi connectivity index (χ1) is 12.8. The Bertz CT molecular complexity index is 889. The van der Waals surface area contributed by atoms with Crippen molar-refractivity contribution in [1.82, 2.24) is 14.9 Å². The van der Waals surface area contributed by atoms with Gasteiger partial charge in [-0.25, -0.2) is 4.98 Å². The third-order valence-corrected chi connectivity index (χ3v) is 3.89. The summed E-state index contributed by atoms with van der Waals surface area (Å²) in [5.74, 6) is -0.762. The number of aromatic nitrogens is 2. The van der Waals surface area contributed by atoms with Crippen LogP contribution in [0.3, 0.4) is 0 Å². The van der Waals surface area contributed by atoms with E-state index in [4.69, 9.17) is 0 Å². The molecule has 2 aromatic carbocycles. The number of hydrogen-bond donors (Lipinski definition) is 1. The van der Waals surface area contributed by atoms with Crippen molar-refractivity contribution in [2.75, 3.05) is 0 Å². The van der Waals surface area contributed by atoms with Gasteiger partial charge in [0.05, 0.1) is 12.4 Å². The number of ether oxygens (including phenoxy) is 1. The Balaban J connectivity index is 1.63. The van der Waals surface area contributed by atoms with Gasteiger partial charge < -0.3 is 14.6 Å². The predicted octanol–water partition coefficient (Wildman–Crippen LogP) is 4.26. The molecule has 140 valence electrons. The van der Waals surface area contributed by atoms with Gasteiger partial charge >= 0.3 is 6.36 Å². The molecule has 0 saturated carbocycles. The van der Waals surface area contributed by atoms with E-state index < -0.39 is 6.36 Å². The highest BCUT2D eigenvalue weighted by Crippen LogP contribution is 2.23. The number of nitrogens with zero attached hydrogens (tertiary/aromatic N) is 2. The van der Waals surface area contributed by atoms with E-state index in [1.807, 2.05) is 42.0 Å². The SMILES string of the molecule is C[C@@H](NC(=O)c1ccc(OC(F)(F)F)cc1)c1ccc(-n2ccnc2)cc1. The van der Waals surface area contributed by atoms with E-state index in [1.54, 1.807) is 12.5 Å². The third kappa shape index (κ3) is 4.87. The maximum atomic E-state index is 12.3. The van der Waals surface area contributed by atoms with Crippen LogP contribution in [0, 0.1) is 0 Å². The van der Waals surface area contributed by atoms with Gasteiger partial charge in [0.25, 0.3) is 5.91 Å². The van der Waals surface area contributed by atoms with E-state index in [1.165, 1.54) is 12.1 Å². The zero-order chi connectivity index (χ0) is 19.4. The predicted molar refractivity (Wildman–Crippen MR) is 92.6 cm³/mol. The fourth-order valence-corrected chi connectivity index (χ4v) is 2.52. The summed E-state index contributed by atoms with van der Waals surface area (Å²) in [6.45, 7) is 1.82. The molecule has 8 heteroatoms. The maximum Gasteiger partial charge on any atom is 0.573 e. The molecule has 1 amide bonds. The lowest BCUT2D eigenvalue weighted by atomic mass is 10.1. The minimum atomic E-state index is -4.76. The van der Waals surface area contributed by atoms with E-state index in [0.717, 1.165) is 23.4 Å². The summed E-state index contributed by atoms with van der Waals surface area (Å²) in [5, 5.41) is 2.81. The quantitative estimate of drug-likeness (QED) is 0.725. The van der Waals surface area contributed by atoms with E-state index in [9.17, 15) is 18.0 Å². The van der Waals surface area contributed by atoms with Gasteiger partial charge in [-0.05, 0) is 48.9 Å². The number of halogens is 3. The lowest BCUT2D eigenvalue weighted by Gasteiger charge is -2.15. The number of imidazole rings is 1. The van der Waals surface area contributed by atoms with Crippen LogP contribution in [0.2, 0.25) is 0 Å². The average Bonchev–Trinajstić information content (AvgIpc) is 3.15. The van der Waals surface area contributed by atoms with Crippen LogP contribution in [0.1, 0.15) is 28.9 Å². The van der Waals surface area contributed by atoms with Crippen LogP contribution in [-0.2, 0) is 0 Å². The second-order valence-corrected chi connectivity index (χ2v) is 5.83. The Kier molecular flexibility index (Phi) is 5.16. The molecule has 0 radical (unpaired) electrons. The van der Waals surface area contributed by atoms with Crippen LogP contribution in [0.4, 0.5) is 13.2 Å². The van der Waals surface area contributed by atoms with Gasteiger partial charge in [0.2, 0.25) is 0 Å². The molecule has 0 aliphatic carbocycles.